The van der Waals surface area contributed by atoms with Gasteiger partial charge >= 0.3 is 0 Å². The molecule has 0 aromatic carbocycles. The Morgan fingerprint density at radius 3 is 2.64 bits per heavy atom. The molecule has 1 heterocycles. The molecule has 1 aromatic heterocycles. The third kappa shape index (κ3) is 3.05. The Bertz CT molecular complexity index is 686. The number of nitrogens with zero attached hydrogens (tertiary/aromatic N) is 3. The number of rotatable bonds is 3. The SMILES string of the molecule is C[C@H](Cn1ccnn1)[C@H]1CC[C@H]2[C@@H]3CC[C@@H]4C[C@](C)(O)CC[C@@H]4[C@H]3CC[C@]12C. The topological polar surface area (TPSA) is 50.9 Å². The molecule has 4 heteroatoms. The van der Waals surface area contributed by atoms with E-state index < -0.39 is 5.60 Å². The van der Waals surface area contributed by atoms with Crippen LogP contribution in [0.5, 0.6) is 0 Å². The molecule has 0 bridgehead atoms. The minimum Gasteiger partial charge on any atom is -0.390 e. The molecule has 9 atom stereocenters. The van der Waals surface area contributed by atoms with Crippen molar-refractivity contribution < 1.29 is 5.11 Å². The molecule has 4 nitrogen and oxygen atoms in total. The van der Waals surface area contributed by atoms with Crippen molar-refractivity contribution in [3.8, 4) is 0 Å². The van der Waals surface area contributed by atoms with Crippen molar-refractivity contribution in [2.24, 2.45) is 46.8 Å². The Hall–Kier alpha value is -0.900. The van der Waals surface area contributed by atoms with Crippen molar-refractivity contribution in [2.75, 3.05) is 0 Å². The van der Waals surface area contributed by atoms with E-state index in [2.05, 4.69) is 31.1 Å². The largest absolute Gasteiger partial charge is 0.390 e. The van der Waals surface area contributed by atoms with Gasteiger partial charge in [-0.2, -0.15) is 0 Å². The van der Waals surface area contributed by atoms with E-state index in [1.54, 1.807) is 6.20 Å². The van der Waals surface area contributed by atoms with Crippen LogP contribution >= 0.6 is 0 Å². The van der Waals surface area contributed by atoms with Gasteiger partial charge in [-0.1, -0.05) is 19.1 Å². The smallest absolute Gasteiger partial charge is 0.0692 e. The van der Waals surface area contributed by atoms with Crippen LogP contribution in [0.2, 0.25) is 0 Å². The monoisotopic (exact) mass is 385 g/mol. The Labute approximate surface area is 170 Å². The molecule has 28 heavy (non-hydrogen) atoms. The van der Waals surface area contributed by atoms with Crippen LogP contribution in [-0.2, 0) is 6.54 Å². The zero-order valence-corrected chi connectivity index (χ0v) is 18.1. The zero-order chi connectivity index (χ0) is 19.5. The molecule has 4 saturated carbocycles. The number of hydrogen-bond donors (Lipinski definition) is 1. The highest BCUT2D eigenvalue weighted by Gasteiger charge is 2.58. The summed E-state index contributed by atoms with van der Waals surface area (Å²) >= 11 is 0. The quantitative estimate of drug-likeness (QED) is 0.802. The van der Waals surface area contributed by atoms with E-state index in [-0.39, 0.29) is 0 Å². The fraction of sp³-hybridized carbons (Fsp3) is 0.917. The average Bonchev–Trinajstić information content (AvgIpc) is 3.27. The lowest BCUT2D eigenvalue weighted by Crippen LogP contribution is -2.51. The average molecular weight is 386 g/mol. The zero-order valence-electron chi connectivity index (χ0n) is 18.1. The maximum atomic E-state index is 10.6. The summed E-state index contributed by atoms with van der Waals surface area (Å²) in [6.45, 7) is 8.18. The first kappa shape index (κ1) is 19.1. The summed E-state index contributed by atoms with van der Waals surface area (Å²) in [5.74, 6) is 6.01. The summed E-state index contributed by atoms with van der Waals surface area (Å²) < 4.78 is 2.03. The molecule has 4 aliphatic rings. The van der Waals surface area contributed by atoms with Crippen LogP contribution in [0.4, 0.5) is 0 Å². The molecule has 0 spiro atoms. The fourth-order valence-corrected chi connectivity index (χ4v) is 8.81. The van der Waals surface area contributed by atoms with Gasteiger partial charge in [0.05, 0.1) is 11.8 Å². The second kappa shape index (κ2) is 6.82. The first-order valence-corrected chi connectivity index (χ1v) is 11.9. The molecule has 5 rings (SSSR count). The second-order valence-corrected chi connectivity index (χ2v) is 11.5. The van der Waals surface area contributed by atoms with Gasteiger partial charge in [0.15, 0.2) is 0 Å². The van der Waals surface area contributed by atoms with Gasteiger partial charge in [-0.3, -0.25) is 4.68 Å². The maximum absolute atomic E-state index is 10.6. The van der Waals surface area contributed by atoms with Gasteiger partial charge < -0.3 is 5.11 Å². The molecule has 0 saturated heterocycles. The van der Waals surface area contributed by atoms with E-state index in [4.69, 9.17) is 0 Å². The van der Waals surface area contributed by atoms with Crippen LogP contribution < -0.4 is 0 Å². The molecule has 0 aliphatic heterocycles. The summed E-state index contributed by atoms with van der Waals surface area (Å²) in [5.41, 5.74) is 0.126. The Balaban J connectivity index is 1.31. The van der Waals surface area contributed by atoms with Gasteiger partial charge in [-0.15, -0.1) is 5.10 Å². The van der Waals surface area contributed by atoms with Crippen LogP contribution in [-0.4, -0.2) is 25.7 Å². The standard InChI is InChI=1S/C24H39N3O/c1-16(15-27-13-12-25-26-27)21-6-7-22-20-5-4-17-14-23(2,28)10-8-18(17)19(20)9-11-24(21,22)3/h12-13,16-22,28H,4-11,14-15H2,1-3H3/t16-,17-,18+,19-,20-,21-,22+,23-,24-/m1/s1. The molecule has 0 radical (unpaired) electrons. The summed E-state index contributed by atoms with van der Waals surface area (Å²) in [5, 5.41) is 18.8. The molecule has 0 unspecified atom stereocenters. The Morgan fingerprint density at radius 1 is 1.04 bits per heavy atom. The van der Waals surface area contributed by atoms with E-state index in [9.17, 15) is 5.11 Å². The van der Waals surface area contributed by atoms with Crippen molar-refractivity contribution in [3.05, 3.63) is 12.4 Å². The van der Waals surface area contributed by atoms with Crippen molar-refractivity contribution in [1.29, 1.82) is 0 Å². The van der Waals surface area contributed by atoms with Gasteiger partial charge in [0.1, 0.15) is 0 Å². The lowest BCUT2D eigenvalue weighted by Gasteiger charge is -2.57. The first-order valence-electron chi connectivity index (χ1n) is 11.9. The third-order valence-electron chi connectivity index (χ3n) is 9.94. The van der Waals surface area contributed by atoms with Gasteiger partial charge in [0.25, 0.3) is 0 Å². The minimum absolute atomic E-state index is 0.396. The van der Waals surface area contributed by atoms with E-state index in [1.165, 1.54) is 44.9 Å². The second-order valence-electron chi connectivity index (χ2n) is 11.5. The summed E-state index contributed by atoms with van der Waals surface area (Å²) in [7, 11) is 0. The van der Waals surface area contributed by atoms with Crippen molar-refractivity contribution in [1.82, 2.24) is 15.0 Å². The third-order valence-corrected chi connectivity index (χ3v) is 9.94. The number of fused-ring (bicyclic) bond motifs is 5. The molecular weight excluding hydrogens is 346 g/mol. The predicted molar refractivity (Wildman–Crippen MR) is 110 cm³/mol. The maximum Gasteiger partial charge on any atom is 0.0692 e. The minimum atomic E-state index is -0.396. The van der Waals surface area contributed by atoms with Crippen LogP contribution in [0.15, 0.2) is 12.4 Å². The number of hydrogen-bond acceptors (Lipinski definition) is 3. The lowest BCUT2D eigenvalue weighted by molar-refractivity contribution is -0.103. The highest BCUT2D eigenvalue weighted by molar-refractivity contribution is 5.07. The van der Waals surface area contributed by atoms with Crippen molar-refractivity contribution >= 4 is 0 Å². The molecule has 156 valence electrons. The molecule has 4 fully saturated rings. The van der Waals surface area contributed by atoms with Gasteiger partial charge in [-0.25, -0.2) is 0 Å². The van der Waals surface area contributed by atoms with Crippen LogP contribution in [0.1, 0.15) is 78.6 Å². The van der Waals surface area contributed by atoms with Crippen molar-refractivity contribution in [2.45, 2.75) is 90.7 Å². The van der Waals surface area contributed by atoms with Crippen LogP contribution in [0, 0.1) is 46.8 Å². The summed E-state index contributed by atoms with van der Waals surface area (Å²) in [6.07, 6.45) is 15.7. The molecule has 1 aromatic rings. The number of aliphatic hydroxyl groups is 1. The van der Waals surface area contributed by atoms with Gasteiger partial charge in [0, 0.05) is 12.7 Å². The molecule has 1 N–H and O–H groups in total. The van der Waals surface area contributed by atoms with Crippen LogP contribution in [0.25, 0.3) is 0 Å². The number of aromatic nitrogens is 3. The van der Waals surface area contributed by atoms with E-state index in [1.807, 2.05) is 10.9 Å². The normalized spacial score (nSPS) is 49.1. The summed E-state index contributed by atoms with van der Waals surface area (Å²) in [6, 6.07) is 0. The first-order chi connectivity index (χ1) is 13.4. The lowest BCUT2D eigenvalue weighted by atomic mass is 9.48. The van der Waals surface area contributed by atoms with E-state index >= 15 is 0 Å². The molecule has 0 amide bonds. The van der Waals surface area contributed by atoms with Gasteiger partial charge in [0.2, 0.25) is 0 Å². The van der Waals surface area contributed by atoms with E-state index in [0.29, 0.717) is 11.3 Å². The molecule has 4 aliphatic carbocycles. The molecular formula is C24H39N3O. The Morgan fingerprint density at radius 2 is 1.86 bits per heavy atom. The highest BCUT2D eigenvalue weighted by Crippen LogP contribution is 2.65. The highest BCUT2D eigenvalue weighted by atomic mass is 16.3. The summed E-state index contributed by atoms with van der Waals surface area (Å²) in [4.78, 5) is 0. The fourth-order valence-electron chi connectivity index (χ4n) is 8.81. The van der Waals surface area contributed by atoms with Gasteiger partial charge in [-0.05, 0) is 112 Å². The van der Waals surface area contributed by atoms with E-state index in [0.717, 1.165) is 54.9 Å². The Kier molecular flexibility index (Phi) is 4.65. The van der Waals surface area contributed by atoms with Crippen LogP contribution in [0.3, 0.4) is 0 Å². The van der Waals surface area contributed by atoms with Crippen molar-refractivity contribution in [3.63, 3.8) is 0 Å². The predicted octanol–water partition coefficient (Wildman–Crippen LogP) is 4.93.